The summed E-state index contributed by atoms with van der Waals surface area (Å²) in [7, 11) is 0. The first-order chi connectivity index (χ1) is 9.15. The van der Waals surface area contributed by atoms with Crippen LogP contribution in [0.1, 0.15) is 11.1 Å². The molecule has 2 aromatic rings. The van der Waals surface area contributed by atoms with Crippen LogP contribution >= 0.6 is 23.2 Å². The van der Waals surface area contributed by atoms with Gasteiger partial charge >= 0.3 is 0 Å². The molecule has 0 amide bonds. The van der Waals surface area contributed by atoms with Gasteiger partial charge in [0.25, 0.3) is 0 Å². The smallest absolute Gasteiger partial charge is 0.0636 e. The van der Waals surface area contributed by atoms with Crippen LogP contribution in [-0.2, 0) is 13.0 Å². The lowest BCUT2D eigenvalue weighted by Gasteiger charge is -2.21. The van der Waals surface area contributed by atoms with Gasteiger partial charge in [0.15, 0.2) is 0 Å². The molecule has 0 unspecified atom stereocenters. The van der Waals surface area contributed by atoms with Gasteiger partial charge in [0.1, 0.15) is 0 Å². The summed E-state index contributed by atoms with van der Waals surface area (Å²) in [5, 5.41) is 1.19. The van der Waals surface area contributed by atoms with Crippen molar-refractivity contribution in [1.29, 1.82) is 0 Å². The summed E-state index contributed by atoms with van der Waals surface area (Å²) in [6.45, 7) is 1.79. The Morgan fingerprint density at radius 1 is 1.11 bits per heavy atom. The van der Waals surface area contributed by atoms with Crippen LogP contribution < -0.4 is 10.6 Å². The van der Waals surface area contributed by atoms with Gasteiger partial charge in [-0.2, -0.15) is 0 Å². The lowest BCUT2D eigenvalue weighted by molar-refractivity contribution is 0.837. The second-order valence-corrected chi connectivity index (χ2v) is 5.59. The summed E-state index contributed by atoms with van der Waals surface area (Å²) in [6, 6.07) is 11.9. The molecule has 2 N–H and O–H groups in total. The van der Waals surface area contributed by atoms with Gasteiger partial charge in [-0.25, -0.2) is 0 Å². The summed E-state index contributed by atoms with van der Waals surface area (Å²) in [4.78, 5) is 2.30. The molecule has 0 saturated carbocycles. The second-order valence-electron chi connectivity index (χ2n) is 4.77. The highest BCUT2D eigenvalue weighted by atomic mass is 35.5. The average Bonchev–Trinajstić information content (AvgIpc) is 2.79. The van der Waals surface area contributed by atoms with Crippen molar-refractivity contribution >= 4 is 34.6 Å². The minimum absolute atomic E-state index is 0.590. The van der Waals surface area contributed by atoms with Crippen molar-refractivity contribution in [2.45, 2.75) is 13.0 Å². The van der Waals surface area contributed by atoms with E-state index in [1.165, 1.54) is 5.56 Å². The molecule has 1 aliphatic heterocycles. The van der Waals surface area contributed by atoms with Crippen LogP contribution in [0.3, 0.4) is 0 Å². The van der Waals surface area contributed by atoms with E-state index in [-0.39, 0.29) is 0 Å². The summed E-state index contributed by atoms with van der Waals surface area (Å²) in [5.74, 6) is 0. The van der Waals surface area contributed by atoms with E-state index in [1.807, 2.05) is 30.3 Å². The van der Waals surface area contributed by atoms with E-state index in [0.717, 1.165) is 36.4 Å². The number of benzene rings is 2. The fourth-order valence-corrected chi connectivity index (χ4v) is 2.90. The molecule has 4 heteroatoms. The highest BCUT2D eigenvalue weighted by Gasteiger charge is 2.21. The molecule has 0 fully saturated rings. The topological polar surface area (TPSA) is 29.3 Å². The molecule has 0 spiro atoms. The highest BCUT2D eigenvalue weighted by Crippen LogP contribution is 2.35. The molecule has 98 valence electrons. The molecule has 3 rings (SSSR count). The third-order valence-electron chi connectivity index (χ3n) is 3.48. The highest BCUT2D eigenvalue weighted by molar-refractivity contribution is 6.42. The lowest BCUT2D eigenvalue weighted by atomic mass is 10.1. The Hall–Kier alpha value is -1.38. The van der Waals surface area contributed by atoms with Crippen LogP contribution in [-0.4, -0.2) is 6.54 Å². The Balaban J connectivity index is 1.88. The number of nitrogen functional groups attached to an aromatic ring is 1. The number of anilines is 2. The van der Waals surface area contributed by atoms with Crippen molar-refractivity contribution in [3.05, 3.63) is 57.6 Å². The molecule has 0 bridgehead atoms. The van der Waals surface area contributed by atoms with E-state index in [0.29, 0.717) is 10.0 Å². The number of rotatable bonds is 2. The first-order valence-corrected chi connectivity index (χ1v) is 6.97. The van der Waals surface area contributed by atoms with E-state index in [9.17, 15) is 0 Å². The Morgan fingerprint density at radius 2 is 1.95 bits per heavy atom. The van der Waals surface area contributed by atoms with Gasteiger partial charge in [-0.05, 0) is 35.7 Å². The number of fused-ring (bicyclic) bond motifs is 1. The molecule has 2 nitrogen and oxygen atoms in total. The molecule has 0 aliphatic carbocycles. The molecular weight excluding hydrogens is 279 g/mol. The van der Waals surface area contributed by atoms with Crippen molar-refractivity contribution in [3.8, 4) is 0 Å². The van der Waals surface area contributed by atoms with Crippen molar-refractivity contribution in [2.75, 3.05) is 17.2 Å². The maximum absolute atomic E-state index is 6.08. The molecule has 1 aliphatic rings. The zero-order valence-corrected chi connectivity index (χ0v) is 11.9. The second kappa shape index (κ2) is 4.95. The molecule has 1 heterocycles. The third kappa shape index (κ3) is 2.38. The summed E-state index contributed by atoms with van der Waals surface area (Å²) in [5.41, 5.74) is 10.5. The molecule has 0 atom stereocenters. The van der Waals surface area contributed by atoms with Crippen molar-refractivity contribution in [2.24, 2.45) is 0 Å². The third-order valence-corrected chi connectivity index (χ3v) is 4.21. The van der Waals surface area contributed by atoms with Crippen molar-refractivity contribution < 1.29 is 0 Å². The largest absolute Gasteiger partial charge is 0.397 e. The van der Waals surface area contributed by atoms with Gasteiger partial charge < -0.3 is 10.6 Å². The molecular formula is C15H14Cl2N2. The normalized spacial score (nSPS) is 13.7. The zero-order valence-electron chi connectivity index (χ0n) is 10.4. The SMILES string of the molecule is Nc1cccc2c1N(Cc1ccc(Cl)c(Cl)c1)CC2. The Labute approximate surface area is 122 Å². The maximum Gasteiger partial charge on any atom is 0.0636 e. The quantitative estimate of drug-likeness (QED) is 0.843. The van der Waals surface area contributed by atoms with Crippen LogP contribution in [0.2, 0.25) is 10.0 Å². The van der Waals surface area contributed by atoms with Gasteiger partial charge in [0.2, 0.25) is 0 Å². The monoisotopic (exact) mass is 292 g/mol. The van der Waals surface area contributed by atoms with E-state index < -0.39 is 0 Å². The Morgan fingerprint density at radius 3 is 2.74 bits per heavy atom. The number of hydrogen-bond donors (Lipinski definition) is 1. The van der Waals surface area contributed by atoms with Crippen molar-refractivity contribution in [3.63, 3.8) is 0 Å². The summed E-state index contributed by atoms with van der Waals surface area (Å²) in [6.07, 6.45) is 1.04. The molecule has 0 radical (unpaired) electrons. The summed E-state index contributed by atoms with van der Waals surface area (Å²) >= 11 is 12.0. The van der Waals surface area contributed by atoms with Gasteiger partial charge in [0.05, 0.1) is 21.4 Å². The molecule has 19 heavy (non-hydrogen) atoms. The molecule has 2 aromatic carbocycles. The molecule has 0 aromatic heterocycles. The fourth-order valence-electron chi connectivity index (χ4n) is 2.58. The predicted molar refractivity (Wildman–Crippen MR) is 82.1 cm³/mol. The van der Waals surface area contributed by atoms with Crippen molar-refractivity contribution in [1.82, 2.24) is 0 Å². The van der Waals surface area contributed by atoms with Crippen LogP contribution in [0.15, 0.2) is 36.4 Å². The minimum Gasteiger partial charge on any atom is -0.397 e. The number of hydrogen-bond acceptors (Lipinski definition) is 2. The van der Waals surface area contributed by atoms with Crippen LogP contribution in [0, 0.1) is 0 Å². The standard InChI is InChI=1S/C15H14Cl2N2/c16-12-5-4-10(8-13(12)17)9-19-7-6-11-2-1-3-14(18)15(11)19/h1-5,8H,6-7,9,18H2. The molecule has 0 saturated heterocycles. The number of nitrogens with two attached hydrogens (primary N) is 1. The Bertz CT molecular complexity index is 626. The van der Waals surface area contributed by atoms with Gasteiger partial charge in [0, 0.05) is 13.1 Å². The summed E-state index contributed by atoms with van der Waals surface area (Å²) < 4.78 is 0. The predicted octanol–water partition coefficient (Wildman–Crippen LogP) is 4.14. The lowest BCUT2D eigenvalue weighted by Crippen LogP contribution is -2.20. The first kappa shape index (κ1) is 12.6. The van der Waals surface area contributed by atoms with Gasteiger partial charge in [-0.15, -0.1) is 0 Å². The van der Waals surface area contributed by atoms with Crippen LogP contribution in [0.5, 0.6) is 0 Å². The van der Waals surface area contributed by atoms with Gasteiger partial charge in [-0.3, -0.25) is 0 Å². The average molecular weight is 293 g/mol. The van der Waals surface area contributed by atoms with Gasteiger partial charge in [-0.1, -0.05) is 41.4 Å². The number of nitrogens with zero attached hydrogens (tertiary/aromatic N) is 1. The van der Waals surface area contributed by atoms with Crippen LogP contribution in [0.4, 0.5) is 11.4 Å². The number of halogens is 2. The first-order valence-electron chi connectivity index (χ1n) is 6.21. The number of para-hydroxylation sites is 1. The minimum atomic E-state index is 0.590. The van der Waals surface area contributed by atoms with E-state index >= 15 is 0 Å². The van der Waals surface area contributed by atoms with E-state index in [4.69, 9.17) is 28.9 Å². The van der Waals surface area contributed by atoms with Crippen LogP contribution in [0.25, 0.3) is 0 Å². The Kier molecular flexibility index (Phi) is 3.29. The zero-order chi connectivity index (χ0) is 13.4. The fraction of sp³-hybridized carbons (Fsp3) is 0.200. The maximum atomic E-state index is 6.08. The van der Waals surface area contributed by atoms with E-state index in [1.54, 1.807) is 0 Å². The van der Waals surface area contributed by atoms with E-state index in [2.05, 4.69) is 11.0 Å².